The number of hydrogen-bond acceptors (Lipinski definition) is 6. The van der Waals surface area contributed by atoms with Crippen molar-refractivity contribution < 1.29 is 0 Å². The highest BCUT2D eigenvalue weighted by atomic mass is 35.5. The maximum Gasteiger partial charge on any atom is 0.158 e. The molecule has 0 spiro atoms. The van der Waals surface area contributed by atoms with Gasteiger partial charge in [-0.3, -0.25) is 0 Å². The van der Waals surface area contributed by atoms with Crippen molar-refractivity contribution in [1.82, 2.24) is 9.97 Å². The third kappa shape index (κ3) is 3.81. The zero-order valence-corrected chi connectivity index (χ0v) is 12.8. The lowest BCUT2D eigenvalue weighted by Gasteiger charge is -2.08. The van der Waals surface area contributed by atoms with Crippen LogP contribution >= 0.6 is 11.6 Å². The topological polar surface area (TPSA) is 88.5 Å². The first-order valence-electron chi connectivity index (χ1n) is 6.82. The van der Waals surface area contributed by atoms with Crippen molar-refractivity contribution in [2.24, 2.45) is 10.2 Å². The maximum atomic E-state index is 5.86. The number of nitrogens with two attached hydrogens (primary N) is 1. The van der Waals surface area contributed by atoms with Crippen LogP contribution in [-0.4, -0.2) is 9.97 Å². The molecule has 114 valence electrons. The number of rotatable bonds is 4. The summed E-state index contributed by atoms with van der Waals surface area (Å²) in [5.74, 6) is 0.462. The van der Waals surface area contributed by atoms with Crippen molar-refractivity contribution in [3.8, 4) is 0 Å². The van der Waals surface area contributed by atoms with Gasteiger partial charge >= 0.3 is 0 Å². The van der Waals surface area contributed by atoms with Gasteiger partial charge in [-0.2, -0.15) is 10.2 Å². The highest BCUT2D eigenvalue weighted by Gasteiger charge is 2.05. The van der Waals surface area contributed by atoms with E-state index in [1.807, 2.05) is 54.6 Å². The molecule has 0 unspecified atom stereocenters. The summed E-state index contributed by atoms with van der Waals surface area (Å²) in [6.07, 6.45) is 1.35. The largest absolute Gasteiger partial charge is 0.393 e. The van der Waals surface area contributed by atoms with E-state index in [1.165, 1.54) is 6.33 Å². The molecular formula is C16H13ClN6. The molecule has 1 aromatic heterocycles. The minimum atomic E-state index is 0.218. The van der Waals surface area contributed by atoms with Crippen molar-refractivity contribution in [3.63, 3.8) is 0 Å². The molecule has 0 aliphatic heterocycles. The number of aromatic nitrogens is 2. The van der Waals surface area contributed by atoms with Gasteiger partial charge < -0.3 is 11.1 Å². The average molecular weight is 325 g/mol. The molecule has 0 radical (unpaired) electrons. The first-order valence-corrected chi connectivity index (χ1v) is 7.20. The Kier molecular flexibility index (Phi) is 4.44. The summed E-state index contributed by atoms with van der Waals surface area (Å²) >= 11 is 5.86. The fourth-order valence-electron chi connectivity index (χ4n) is 1.83. The van der Waals surface area contributed by atoms with Crippen LogP contribution in [-0.2, 0) is 0 Å². The van der Waals surface area contributed by atoms with Crippen LogP contribution in [0.4, 0.5) is 28.6 Å². The molecule has 0 aliphatic rings. The third-order valence-corrected chi connectivity index (χ3v) is 3.30. The Morgan fingerprint density at radius 1 is 0.870 bits per heavy atom. The molecule has 0 saturated heterocycles. The lowest BCUT2D eigenvalue weighted by molar-refractivity contribution is 1.17. The number of benzene rings is 2. The van der Waals surface area contributed by atoms with Crippen LogP contribution in [0.25, 0.3) is 0 Å². The molecule has 0 fully saturated rings. The zero-order chi connectivity index (χ0) is 16.1. The van der Waals surface area contributed by atoms with Gasteiger partial charge in [0.25, 0.3) is 0 Å². The normalized spacial score (nSPS) is 10.8. The van der Waals surface area contributed by atoms with Gasteiger partial charge in [0, 0.05) is 5.69 Å². The van der Waals surface area contributed by atoms with Gasteiger partial charge in [0.05, 0.1) is 11.4 Å². The Balaban J connectivity index is 1.72. The second kappa shape index (κ2) is 6.85. The highest BCUT2D eigenvalue weighted by Crippen LogP contribution is 2.26. The molecule has 3 aromatic rings. The molecule has 2 aromatic carbocycles. The summed E-state index contributed by atoms with van der Waals surface area (Å²) in [5.41, 5.74) is 8.48. The Hall–Kier alpha value is -2.99. The monoisotopic (exact) mass is 324 g/mol. The number of azo groups is 1. The quantitative estimate of drug-likeness (QED) is 0.529. The number of nitrogens with one attached hydrogen (secondary N) is 1. The highest BCUT2D eigenvalue weighted by molar-refractivity contribution is 6.32. The van der Waals surface area contributed by atoms with Crippen molar-refractivity contribution in [1.29, 1.82) is 0 Å². The van der Waals surface area contributed by atoms with Gasteiger partial charge in [-0.15, -0.1) is 0 Å². The summed E-state index contributed by atoms with van der Waals surface area (Å²) in [5, 5.41) is 11.6. The number of nitrogens with zero attached hydrogens (tertiary/aromatic N) is 4. The van der Waals surface area contributed by atoms with E-state index in [0.29, 0.717) is 11.5 Å². The molecule has 0 saturated carbocycles. The van der Waals surface area contributed by atoms with E-state index in [0.717, 1.165) is 17.1 Å². The van der Waals surface area contributed by atoms with E-state index in [1.54, 1.807) is 0 Å². The molecule has 0 bridgehead atoms. The van der Waals surface area contributed by atoms with E-state index in [2.05, 4.69) is 25.5 Å². The van der Waals surface area contributed by atoms with Crippen LogP contribution in [0.1, 0.15) is 0 Å². The molecule has 23 heavy (non-hydrogen) atoms. The fourth-order valence-corrected chi connectivity index (χ4v) is 1.97. The SMILES string of the molecule is Nc1c(Cl)ncnc1Nc1ccc(N=Nc2ccccc2)cc1. The third-order valence-electron chi connectivity index (χ3n) is 3.00. The molecule has 3 rings (SSSR count). The van der Waals surface area contributed by atoms with Crippen LogP contribution < -0.4 is 11.1 Å². The lowest BCUT2D eigenvalue weighted by Crippen LogP contribution is -2.00. The Bertz CT molecular complexity index is 818. The van der Waals surface area contributed by atoms with Gasteiger partial charge in [0.1, 0.15) is 12.0 Å². The van der Waals surface area contributed by atoms with Crippen molar-refractivity contribution in [2.45, 2.75) is 0 Å². The number of hydrogen-bond donors (Lipinski definition) is 2. The second-order valence-electron chi connectivity index (χ2n) is 4.63. The molecule has 0 atom stereocenters. The first kappa shape index (κ1) is 14.9. The maximum absolute atomic E-state index is 5.86. The molecule has 3 N–H and O–H groups in total. The standard InChI is InChI=1S/C16H13ClN6/c17-15-14(18)16(20-10-19-15)21-11-6-8-13(9-7-11)23-22-12-4-2-1-3-5-12/h1-10H,18H2,(H,19,20,21). The average Bonchev–Trinajstić information content (AvgIpc) is 2.59. The first-order chi connectivity index (χ1) is 11.2. The Labute approximate surface area is 138 Å². The van der Waals surface area contributed by atoms with Crippen LogP contribution in [0.15, 0.2) is 71.2 Å². The molecule has 1 heterocycles. The van der Waals surface area contributed by atoms with Gasteiger partial charge in [-0.05, 0) is 36.4 Å². The summed E-state index contributed by atoms with van der Waals surface area (Å²) in [6, 6.07) is 16.9. The Morgan fingerprint density at radius 3 is 2.22 bits per heavy atom. The summed E-state index contributed by atoms with van der Waals surface area (Å²) in [4.78, 5) is 7.87. The van der Waals surface area contributed by atoms with E-state index in [4.69, 9.17) is 17.3 Å². The minimum absolute atomic E-state index is 0.218. The lowest BCUT2D eigenvalue weighted by atomic mass is 10.3. The Morgan fingerprint density at radius 2 is 1.52 bits per heavy atom. The van der Waals surface area contributed by atoms with E-state index < -0.39 is 0 Å². The van der Waals surface area contributed by atoms with Crippen LogP contribution in [0.2, 0.25) is 5.15 Å². The molecule has 0 amide bonds. The minimum Gasteiger partial charge on any atom is -0.393 e. The van der Waals surface area contributed by atoms with E-state index in [9.17, 15) is 0 Å². The summed E-state index contributed by atoms with van der Waals surface area (Å²) < 4.78 is 0. The number of nitrogen functional groups attached to an aromatic ring is 1. The predicted molar refractivity (Wildman–Crippen MR) is 91.8 cm³/mol. The number of anilines is 3. The predicted octanol–water partition coefficient (Wildman–Crippen LogP) is 4.87. The van der Waals surface area contributed by atoms with E-state index >= 15 is 0 Å². The summed E-state index contributed by atoms with van der Waals surface area (Å²) in [6.45, 7) is 0. The van der Waals surface area contributed by atoms with Crippen molar-refractivity contribution in [2.75, 3.05) is 11.1 Å². The van der Waals surface area contributed by atoms with Gasteiger partial charge in [0.2, 0.25) is 0 Å². The van der Waals surface area contributed by atoms with Crippen LogP contribution in [0, 0.1) is 0 Å². The molecule has 6 nitrogen and oxygen atoms in total. The molecular weight excluding hydrogens is 312 g/mol. The number of halogens is 1. The molecule has 7 heteroatoms. The zero-order valence-electron chi connectivity index (χ0n) is 12.0. The van der Waals surface area contributed by atoms with Gasteiger partial charge in [-0.1, -0.05) is 29.8 Å². The fraction of sp³-hybridized carbons (Fsp3) is 0. The second-order valence-corrected chi connectivity index (χ2v) is 4.99. The van der Waals surface area contributed by atoms with Crippen LogP contribution in [0.3, 0.4) is 0 Å². The van der Waals surface area contributed by atoms with Crippen LogP contribution in [0.5, 0.6) is 0 Å². The van der Waals surface area contributed by atoms with Gasteiger partial charge in [0.15, 0.2) is 11.0 Å². The smallest absolute Gasteiger partial charge is 0.158 e. The van der Waals surface area contributed by atoms with Gasteiger partial charge in [-0.25, -0.2) is 9.97 Å². The summed E-state index contributed by atoms with van der Waals surface area (Å²) in [7, 11) is 0. The molecule has 0 aliphatic carbocycles. The van der Waals surface area contributed by atoms with Crippen molar-refractivity contribution in [3.05, 3.63) is 66.1 Å². The van der Waals surface area contributed by atoms with Crippen molar-refractivity contribution >= 4 is 40.2 Å². The van der Waals surface area contributed by atoms with E-state index in [-0.39, 0.29) is 5.15 Å².